The average molecular weight is 372 g/mol. The minimum Gasteiger partial charge on any atom is -0.466 e. The van der Waals surface area contributed by atoms with Crippen molar-refractivity contribution in [2.75, 3.05) is 33.0 Å². The molecule has 0 fully saturated rings. The monoisotopic (exact) mass is 372 g/mol. The summed E-state index contributed by atoms with van der Waals surface area (Å²) in [5.41, 5.74) is 0. The van der Waals surface area contributed by atoms with Crippen LogP contribution in [0.2, 0.25) is 0 Å². The summed E-state index contributed by atoms with van der Waals surface area (Å²) < 4.78 is 19.4. The van der Waals surface area contributed by atoms with Crippen LogP contribution in [0.5, 0.6) is 0 Å². The van der Waals surface area contributed by atoms with E-state index in [0.29, 0.717) is 32.7 Å². The maximum atomic E-state index is 10.6. The fourth-order valence-electron chi connectivity index (χ4n) is 1.44. The van der Waals surface area contributed by atoms with Crippen molar-refractivity contribution in [1.29, 1.82) is 0 Å². The lowest BCUT2D eigenvalue weighted by molar-refractivity contribution is -0.142. The van der Waals surface area contributed by atoms with Gasteiger partial charge in [-0.3, -0.25) is 4.79 Å². The quantitative estimate of drug-likeness (QED) is 0.200. The molecule has 0 radical (unpaired) electrons. The fourth-order valence-corrected chi connectivity index (χ4v) is 1.44. The molecule has 0 aromatic rings. The van der Waals surface area contributed by atoms with Gasteiger partial charge < -0.3 is 18.9 Å². The first-order valence-electron chi connectivity index (χ1n) is 8.77. The molecule has 0 aliphatic heterocycles. The van der Waals surface area contributed by atoms with Crippen LogP contribution < -0.4 is 0 Å². The first kappa shape index (κ1) is 26.1. The molecule has 0 saturated carbocycles. The standard InChI is InChI=1S/C10H18O3.C9H14O4/c1-3-7-12-8-5-6-9-13-10(11)4-2;1-3-9(11)13-7-5-4-6-12-8(2)10/h4H,2-3,5-9H2,1H3;3H,1,4-7H2,2H3. The number of hydrogen-bond acceptors (Lipinski definition) is 7. The van der Waals surface area contributed by atoms with Gasteiger partial charge in [0.2, 0.25) is 0 Å². The summed E-state index contributed by atoms with van der Waals surface area (Å²) in [6, 6.07) is 0. The molecule has 0 rings (SSSR count). The van der Waals surface area contributed by atoms with E-state index in [2.05, 4.69) is 24.8 Å². The number of ether oxygens (including phenoxy) is 4. The molecule has 0 unspecified atom stereocenters. The highest BCUT2D eigenvalue weighted by molar-refractivity contribution is 5.81. The van der Waals surface area contributed by atoms with E-state index >= 15 is 0 Å². The maximum Gasteiger partial charge on any atom is 0.330 e. The molecule has 7 nitrogen and oxygen atoms in total. The SMILES string of the molecule is C=CC(=O)OCCCCOC(C)=O.C=CC(=O)OCCCCOCCC. The van der Waals surface area contributed by atoms with Crippen molar-refractivity contribution >= 4 is 17.9 Å². The summed E-state index contributed by atoms with van der Waals surface area (Å²) in [6.07, 6.45) is 6.51. The molecule has 0 bridgehead atoms. The van der Waals surface area contributed by atoms with Gasteiger partial charge in [0, 0.05) is 32.3 Å². The Bertz CT molecular complexity index is 405. The van der Waals surface area contributed by atoms with Crippen LogP contribution in [0.3, 0.4) is 0 Å². The topological polar surface area (TPSA) is 88.1 Å². The molecular weight excluding hydrogens is 340 g/mol. The normalized spacial score (nSPS) is 9.31. The molecule has 0 atom stereocenters. The predicted molar refractivity (Wildman–Crippen MR) is 98.5 cm³/mol. The zero-order valence-electron chi connectivity index (χ0n) is 16.0. The lowest BCUT2D eigenvalue weighted by Crippen LogP contribution is -2.05. The van der Waals surface area contributed by atoms with Crippen LogP contribution in [0.15, 0.2) is 25.3 Å². The summed E-state index contributed by atoms with van der Waals surface area (Å²) in [5, 5.41) is 0. The zero-order chi connectivity index (χ0) is 20.0. The van der Waals surface area contributed by atoms with Crippen LogP contribution in [0, 0.1) is 0 Å². The second-order valence-electron chi connectivity index (χ2n) is 5.11. The van der Waals surface area contributed by atoms with E-state index in [1.54, 1.807) is 0 Å². The van der Waals surface area contributed by atoms with Crippen LogP contribution in [0.4, 0.5) is 0 Å². The van der Waals surface area contributed by atoms with Crippen LogP contribution >= 0.6 is 0 Å². The van der Waals surface area contributed by atoms with Gasteiger partial charge in [0.1, 0.15) is 0 Å². The minimum absolute atomic E-state index is 0.289. The van der Waals surface area contributed by atoms with Gasteiger partial charge in [-0.25, -0.2) is 9.59 Å². The molecule has 0 aliphatic carbocycles. The van der Waals surface area contributed by atoms with Crippen molar-refractivity contribution in [3.05, 3.63) is 25.3 Å². The summed E-state index contributed by atoms with van der Waals surface area (Å²) in [7, 11) is 0. The Kier molecular flexibility index (Phi) is 21.0. The Morgan fingerprint density at radius 3 is 1.54 bits per heavy atom. The van der Waals surface area contributed by atoms with Crippen molar-refractivity contribution in [3.63, 3.8) is 0 Å². The minimum atomic E-state index is -0.424. The molecule has 0 heterocycles. The molecule has 0 aromatic heterocycles. The van der Waals surface area contributed by atoms with Crippen molar-refractivity contribution in [1.82, 2.24) is 0 Å². The number of esters is 3. The molecule has 0 aliphatic rings. The predicted octanol–water partition coefficient (Wildman–Crippen LogP) is 2.98. The van der Waals surface area contributed by atoms with E-state index in [0.717, 1.165) is 38.6 Å². The third kappa shape index (κ3) is 24.1. The van der Waals surface area contributed by atoms with Gasteiger partial charge in [-0.05, 0) is 32.1 Å². The van der Waals surface area contributed by atoms with Gasteiger partial charge in [-0.1, -0.05) is 20.1 Å². The van der Waals surface area contributed by atoms with Crippen molar-refractivity contribution in [3.8, 4) is 0 Å². The smallest absolute Gasteiger partial charge is 0.330 e. The van der Waals surface area contributed by atoms with Gasteiger partial charge in [-0.2, -0.15) is 0 Å². The van der Waals surface area contributed by atoms with E-state index in [9.17, 15) is 14.4 Å². The number of unbranched alkanes of at least 4 members (excludes halogenated alkanes) is 2. The van der Waals surface area contributed by atoms with E-state index in [1.807, 2.05) is 0 Å². The van der Waals surface area contributed by atoms with Gasteiger partial charge in [0.05, 0.1) is 19.8 Å². The molecular formula is C19H32O7. The molecule has 26 heavy (non-hydrogen) atoms. The van der Waals surface area contributed by atoms with Crippen molar-refractivity contribution < 1.29 is 33.3 Å². The molecule has 0 aromatic carbocycles. The van der Waals surface area contributed by atoms with E-state index < -0.39 is 5.97 Å². The Morgan fingerprint density at radius 1 is 0.731 bits per heavy atom. The van der Waals surface area contributed by atoms with E-state index in [1.165, 1.54) is 13.0 Å². The highest BCUT2D eigenvalue weighted by atomic mass is 16.5. The number of hydrogen-bond donors (Lipinski definition) is 0. The van der Waals surface area contributed by atoms with E-state index in [-0.39, 0.29) is 11.9 Å². The first-order valence-corrected chi connectivity index (χ1v) is 8.77. The Morgan fingerprint density at radius 2 is 1.15 bits per heavy atom. The zero-order valence-corrected chi connectivity index (χ0v) is 16.0. The van der Waals surface area contributed by atoms with Crippen LogP contribution in [0.25, 0.3) is 0 Å². The van der Waals surface area contributed by atoms with Crippen molar-refractivity contribution in [2.24, 2.45) is 0 Å². The summed E-state index contributed by atoms with van der Waals surface area (Å²) in [6.45, 7) is 12.7. The number of carbonyl (C=O) groups is 3. The highest BCUT2D eigenvalue weighted by Crippen LogP contribution is 1.93. The Labute approximate surface area is 156 Å². The highest BCUT2D eigenvalue weighted by Gasteiger charge is 1.96. The van der Waals surface area contributed by atoms with Gasteiger partial charge >= 0.3 is 17.9 Å². The lowest BCUT2D eigenvalue weighted by Gasteiger charge is -2.02. The van der Waals surface area contributed by atoms with Gasteiger partial charge in [-0.15, -0.1) is 0 Å². The largest absolute Gasteiger partial charge is 0.466 e. The van der Waals surface area contributed by atoms with Gasteiger partial charge in [0.15, 0.2) is 0 Å². The molecule has 0 saturated heterocycles. The Hall–Kier alpha value is -2.15. The second kappa shape index (κ2) is 20.9. The molecule has 150 valence electrons. The number of carbonyl (C=O) groups excluding carboxylic acids is 3. The summed E-state index contributed by atoms with van der Waals surface area (Å²) in [5.74, 6) is -1.06. The second-order valence-corrected chi connectivity index (χ2v) is 5.11. The average Bonchev–Trinajstić information content (AvgIpc) is 2.63. The summed E-state index contributed by atoms with van der Waals surface area (Å²) in [4.78, 5) is 31.4. The van der Waals surface area contributed by atoms with Crippen molar-refractivity contribution in [2.45, 2.75) is 46.0 Å². The van der Waals surface area contributed by atoms with Crippen LogP contribution in [-0.2, 0) is 33.3 Å². The van der Waals surface area contributed by atoms with E-state index in [4.69, 9.17) is 14.2 Å². The molecule has 0 N–H and O–H groups in total. The Balaban J connectivity index is 0. The molecule has 0 amide bonds. The third-order valence-electron chi connectivity index (χ3n) is 2.70. The van der Waals surface area contributed by atoms with Gasteiger partial charge in [0.25, 0.3) is 0 Å². The fraction of sp³-hybridized carbons (Fsp3) is 0.632. The van der Waals surface area contributed by atoms with Crippen LogP contribution in [0.1, 0.15) is 46.0 Å². The summed E-state index contributed by atoms with van der Waals surface area (Å²) >= 11 is 0. The maximum absolute atomic E-state index is 10.6. The molecule has 7 heteroatoms. The van der Waals surface area contributed by atoms with Crippen LogP contribution in [-0.4, -0.2) is 50.9 Å². The third-order valence-corrected chi connectivity index (χ3v) is 2.70. The first-order chi connectivity index (χ1) is 12.5. The molecule has 0 spiro atoms. The number of rotatable bonds is 14. The lowest BCUT2D eigenvalue weighted by atomic mass is 10.3.